The molecular weight excluding hydrogens is 927 g/mol. The van der Waals surface area contributed by atoms with Crippen LogP contribution in [0.25, 0.3) is 0 Å². The van der Waals surface area contributed by atoms with Crippen molar-refractivity contribution < 1.29 is 40.9 Å². The second-order valence-electron chi connectivity index (χ2n) is 16.5. The minimum atomic E-state index is -0.437. The Hall–Kier alpha value is -7.05. The summed E-state index contributed by atoms with van der Waals surface area (Å²) in [6, 6.07) is 25.7. The number of anilines is 9. The summed E-state index contributed by atoms with van der Waals surface area (Å²) in [5, 5.41) is 80.5. The van der Waals surface area contributed by atoms with Crippen LogP contribution in [0, 0.1) is 0 Å². The smallest absolute Gasteiger partial charge is 0.272 e. The second-order valence-corrected chi connectivity index (χ2v) is 16.5. The SMILES string of the molecule is Nc1cc(Cc2ccc(N(CCO)CCO)cc2)c(Nc2ccc(N(CCO)CCO)cc2)[nH]c1=O.Nc1cc(N=C2C=CC(N(CCO)CCO)C=C2)c(Nc2ccc(N(CCO)CCO)cc2)[nH]c1=O. The van der Waals surface area contributed by atoms with Gasteiger partial charge in [-0.3, -0.25) is 14.5 Å². The van der Waals surface area contributed by atoms with Crippen molar-refractivity contribution in [3.63, 3.8) is 0 Å². The zero-order chi connectivity index (χ0) is 51.8. The van der Waals surface area contributed by atoms with Crippen LogP contribution >= 0.6 is 0 Å². The summed E-state index contributed by atoms with van der Waals surface area (Å²) in [5.74, 6) is 0.916. The molecule has 0 amide bonds. The molecule has 0 saturated carbocycles. The van der Waals surface area contributed by atoms with E-state index in [0.717, 1.165) is 33.9 Å². The first-order valence-electron chi connectivity index (χ1n) is 23.7. The van der Waals surface area contributed by atoms with Crippen LogP contribution < -0.4 is 47.9 Å². The van der Waals surface area contributed by atoms with Gasteiger partial charge in [-0.05, 0) is 96.1 Å². The van der Waals surface area contributed by atoms with Crippen LogP contribution in [0.15, 0.2) is 124 Å². The third-order valence-corrected chi connectivity index (χ3v) is 11.5. The van der Waals surface area contributed by atoms with Crippen molar-refractivity contribution in [1.82, 2.24) is 14.9 Å². The molecule has 0 atom stereocenters. The van der Waals surface area contributed by atoms with Gasteiger partial charge < -0.3 is 87.6 Å². The van der Waals surface area contributed by atoms with E-state index in [9.17, 15) is 50.4 Å². The Morgan fingerprint density at radius 1 is 0.500 bits per heavy atom. The van der Waals surface area contributed by atoms with Crippen LogP contribution in [-0.2, 0) is 6.42 Å². The topological polar surface area (TPSA) is 329 Å². The molecule has 0 bridgehead atoms. The van der Waals surface area contributed by atoms with Gasteiger partial charge in [-0.2, -0.15) is 0 Å². The van der Waals surface area contributed by atoms with E-state index >= 15 is 0 Å². The van der Waals surface area contributed by atoms with E-state index in [-0.39, 0.29) is 75.8 Å². The number of hydrogen-bond donors (Lipinski definition) is 14. The van der Waals surface area contributed by atoms with E-state index in [1.165, 1.54) is 6.07 Å². The van der Waals surface area contributed by atoms with Crippen molar-refractivity contribution in [3.05, 3.63) is 141 Å². The summed E-state index contributed by atoms with van der Waals surface area (Å²) >= 11 is 0. The van der Waals surface area contributed by atoms with Gasteiger partial charge in [-0.25, -0.2) is 4.99 Å². The zero-order valence-electron chi connectivity index (χ0n) is 40.3. The molecule has 0 aliphatic heterocycles. The number of nitrogen functional groups attached to an aromatic ring is 2. The number of benzene rings is 3. The van der Waals surface area contributed by atoms with Crippen LogP contribution in [0.1, 0.15) is 11.1 Å². The van der Waals surface area contributed by atoms with Crippen molar-refractivity contribution in [1.29, 1.82) is 0 Å². The maximum Gasteiger partial charge on any atom is 0.272 e. The lowest BCUT2D eigenvalue weighted by molar-refractivity contribution is 0.153. The lowest BCUT2D eigenvalue weighted by atomic mass is 10.0. The molecule has 6 rings (SSSR count). The predicted molar refractivity (Wildman–Crippen MR) is 286 cm³/mol. The van der Waals surface area contributed by atoms with Crippen molar-refractivity contribution in [2.75, 3.05) is 142 Å². The molecule has 1 aliphatic rings. The average Bonchev–Trinajstić information content (AvgIpc) is 3.38. The molecule has 21 nitrogen and oxygen atoms in total. The Balaban J connectivity index is 0.000000267. The maximum absolute atomic E-state index is 12.2. The summed E-state index contributed by atoms with van der Waals surface area (Å²) < 4.78 is 0. The monoisotopic (exact) mass is 996 g/mol. The largest absolute Gasteiger partial charge is 0.395 e. The number of nitrogens with two attached hydrogens (primary N) is 2. The molecule has 0 unspecified atom stereocenters. The molecular formula is C51H69N11O10. The van der Waals surface area contributed by atoms with E-state index in [0.29, 0.717) is 87.5 Å². The van der Waals surface area contributed by atoms with Gasteiger partial charge in [0.1, 0.15) is 17.3 Å². The highest BCUT2D eigenvalue weighted by Gasteiger charge is 2.17. The highest BCUT2D eigenvalue weighted by Crippen LogP contribution is 2.29. The Labute approximate surface area is 418 Å². The maximum atomic E-state index is 12.2. The van der Waals surface area contributed by atoms with Gasteiger partial charge in [-0.1, -0.05) is 24.3 Å². The van der Waals surface area contributed by atoms with E-state index in [4.69, 9.17) is 11.5 Å². The minimum Gasteiger partial charge on any atom is -0.395 e. The second kappa shape index (κ2) is 29.3. The predicted octanol–water partition coefficient (Wildman–Crippen LogP) is 1.22. The van der Waals surface area contributed by atoms with E-state index in [2.05, 4.69) is 25.6 Å². The Morgan fingerprint density at radius 2 is 0.875 bits per heavy atom. The molecule has 0 radical (unpaired) electrons. The number of aliphatic hydroxyl groups is 8. The highest BCUT2D eigenvalue weighted by molar-refractivity contribution is 6.07. The number of rotatable bonds is 27. The zero-order valence-corrected chi connectivity index (χ0v) is 40.3. The van der Waals surface area contributed by atoms with Gasteiger partial charge in [0.2, 0.25) is 0 Å². The summed E-state index contributed by atoms with van der Waals surface area (Å²) in [6.45, 7) is 3.27. The number of aromatic amines is 2. The molecule has 388 valence electrons. The van der Waals surface area contributed by atoms with Crippen LogP contribution in [0.3, 0.4) is 0 Å². The third-order valence-electron chi connectivity index (χ3n) is 11.5. The number of pyridine rings is 2. The molecule has 0 spiro atoms. The summed E-state index contributed by atoms with van der Waals surface area (Å²) in [5.41, 5.74) is 18.1. The van der Waals surface area contributed by atoms with Crippen LogP contribution in [0.2, 0.25) is 0 Å². The summed E-state index contributed by atoms with van der Waals surface area (Å²) in [4.78, 5) is 42.2. The first kappa shape index (κ1) is 55.9. The lowest BCUT2D eigenvalue weighted by Gasteiger charge is -2.27. The summed E-state index contributed by atoms with van der Waals surface area (Å²) in [6.07, 6.45) is 8.04. The minimum absolute atomic E-state index is 0.00465. The molecule has 21 heteroatoms. The fraction of sp³-hybridized carbons (Fsp3) is 0.353. The van der Waals surface area contributed by atoms with Gasteiger partial charge in [0.15, 0.2) is 0 Å². The van der Waals surface area contributed by atoms with Gasteiger partial charge in [0.25, 0.3) is 11.1 Å². The molecule has 2 aromatic heterocycles. The van der Waals surface area contributed by atoms with E-state index in [1.807, 2.05) is 117 Å². The number of aliphatic hydroxyl groups excluding tert-OH is 8. The van der Waals surface area contributed by atoms with Crippen molar-refractivity contribution >= 4 is 62.8 Å². The molecule has 5 aromatic rings. The van der Waals surface area contributed by atoms with Crippen LogP contribution in [0.5, 0.6) is 0 Å². The first-order valence-corrected chi connectivity index (χ1v) is 23.7. The number of hydrogen-bond acceptors (Lipinski definition) is 19. The molecule has 1 aliphatic carbocycles. The average molecular weight is 996 g/mol. The van der Waals surface area contributed by atoms with Crippen molar-refractivity contribution in [2.45, 2.75) is 12.5 Å². The normalized spacial score (nSPS) is 12.9. The number of aliphatic imine (C=N–C) groups is 1. The van der Waals surface area contributed by atoms with Gasteiger partial charge >= 0.3 is 0 Å². The Morgan fingerprint density at radius 3 is 1.29 bits per heavy atom. The number of allylic oxidation sites excluding steroid dienone is 2. The van der Waals surface area contributed by atoms with Crippen LogP contribution in [0.4, 0.5) is 57.1 Å². The van der Waals surface area contributed by atoms with Crippen LogP contribution in [-0.4, -0.2) is 173 Å². The lowest BCUT2D eigenvalue weighted by Crippen LogP contribution is -2.38. The molecule has 0 saturated heterocycles. The van der Waals surface area contributed by atoms with Gasteiger partial charge in [0, 0.05) is 93.3 Å². The van der Waals surface area contributed by atoms with Crippen molar-refractivity contribution in [3.8, 4) is 0 Å². The highest BCUT2D eigenvalue weighted by atomic mass is 16.3. The number of nitrogens with one attached hydrogen (secondary N) is 4. The Bertz CT molecular complexity index is 2590. The molecule has 72 heavy (non-hydrogen) atoms. The molecule has 0 fully saturated rings. The third kappa shape index (κ3) is 16.5. The van der Waals surface area contributed by atoms with E-state index < -0.39 is 5.56 Å². The quantitative estimate of drug-likeness (QED) is 0.0352. The molecule has 3 aromatic carbocycles. The fourth-order valence-corrected chi connectivity index (χ4v) is 7.88. The first-order chi connectivity index (χ1) is 35.0. The summed E-state index contributed by atoms with van der Waals surface area (Å²) in [7, 11) is 0. The standard InChI is InChI=1S/C26H35N5O5.C25H34N6O5/c27-24-18-20(17-19-1-5-22(6-2-19)30(9-13-32)10-14-33)25(29-26(24)36)28-21-3-7-23(8-4-21)31(11-15-34)12-16-35;26-22-17-23(27-18-1-5-20(6-2-18)30(9-13-32)10-14-33)24(29-25(22)36)28-19-3-7-21(8-4-19)31(11-15-34)12-16-35/h1-8,18,32-35H,9-17,27H2,(H2,28,29,36);1-8,17,20,32-35H,9-16,26H2,(H2,28,29,36). The van der Waals surface area contributed by atoms with Crippen molar-refractivity contribution in [2.24, 2.45) is 4.99 Å². The molecule has 2 heterocycles. The fourth-order valence-electron chi connectivity index (χ4n) is 7.88. The number of H-pyrrole nitrogens is 2. The van der Waals surface area contributed by atoms with Gasteiger partial charge in [0.05, 0.1) is 69.9 Å². The molecule has 16 N–H and O–H groups in total. The Kier molecular flexibility index (Phi) is 22.8. The number of aromatic nitrogens is 2. The number of nitrogens with zero attached hydrogens (tertiary/aromatic N) is 5. The van der Waals surface area contributed by atoms with Gasteiger partial charge in [-0.15, -0.1) is 0 Å². The van der Waals surface area contributed by atoms with E-state index in [1.54, 1.807) is 6.07 Å².